The summed E-state index contributed by atoms with van der Waals surface area (Å²) in [6.45, 7) is 3.38. The van der Waals surface area contributed by atoms with Gasteiger partial charge in [-0.1, -0.05) is 50.1 Å². The molecule has 29 heavy (non-hydrogen) atoms. The predicted octanol–water partition coefficient (Wildman–Crippen LogP) is 3.90. The lowest BCUT2D eigenvalue weighted by Gasteiger charge is -2.22. The molecule has 2 N–H and O–H groups in total. The van der Waals surface area contributed by atoms with E-state index in [2.05, 4.69) is 12.0 Å². The molecule has 1 unspecified atom stereocenters. The van der Waals surface area contributed by atoms with Gasteiger partial charge in [0.15, 0.2) is 0 Å². The highest BCUT2D eigenvalue weighted by molar-refractivity contribution is 5.89. The Kier molecular flexibility index (Phi) is 5.05. The molecule has 1 saturated carbocycles. The lowest BCUT2D eigenvalue weighted by molar-refractivity contribution is -0.145. The van der Waals surface area contributed by atoms with Gasteiger partial charge in [0.05, 0.1) is 12.0 Å². The van der Waals surface area contributed by atoms with Crippen molar-refractivity contribution in [1.29, 1.82) is 5.26 Å². The molecule has 0 heterocycles. The van der Waals surface area contributed by atoms with E-state index in [9.17, 15) is 20.0 Å². The monoisotopic (exact) mass is 389 g/mol. The van der Waals surface area contributed by atoms with E-state index < -0.39 is 34.6 Å². The molecule has 3 atom stereocenters. The zero-order chi connectivity index (χ0) is 21.2. The molecule has 1 aliphatic rings. The number of hydrogen-bond acceptors (Lipinski definition) is 4. The van der Waals surface area contributed by atoms with Crippen molar-refractivity contribution in [1.82, 2.24) is 0 Å². The fraction of sp³-hybridized carbons (Fsp3) is 0.261. The fourth-order valence-electron chi connectivity index (χ4n) is 4.11. The first-order valence-electron chi connectivity index (χ1n) is 8.95. The number of carboxylic acid groups (broad SMARTS) is 2. The number of nitriles is 1. The van der Waals surface area contributed by atoms with Gasteiger partial charge in [-0.2, -0.15) is 5.26 Å². The molecule has 1 aliphatic carbocycles. The average Bonchev–Trinajstić information content (AvgIpc) is 3.17. The van der Waals surface area contributed by atoms with Crippen LogP contribution in [0.1, 0.15) is 25.3 Å². The lowest BCUT2D eigenvalue weighted by atomic mass is 9.78. The van der Waals surface area contributed by atoms with E-state index in [1.54, 1.807) is 50.2 Å². The van der Waals surface area contributed by atoms with Crippen molar-refractivity contribution in [2.24, 2.45) is 16.7 Å². The highest BCUT2D eigenvalue weighted by Crippen LogP contribution is 2.74. The Hall–Kier alpha value is -3.77. The Morgan fingerprint density at radius 1 is 1.07 bits per heavy atom. The van der Waals surface area contributed by atoms with Crippen molar-refractivity contribution < 1.29 is 24.5 Å². The molecule has 6 nitrogen and oxygen atoms in total. The van der Waals surface area contributed by atoms with Crippen LogP contribution in [0.25, 0.3) is 0 Å². The quantitative estimate of drug-likeness (QED) is 0.751. The van der Waals surface area contributed by atoms with Gasteiger partial charge in [0.2, 0.25) is 0 Å². The lowest BCUT2D eigenvalue weighted by Crippen LogP contribution is -2.28. The predicted molar refractivity (Wildman–Crippen MR) is 104 cm³/mol. The second-order valence-corrected chi connectivity index (χ2v) is 7.45. The van der Waals surface area contributed by atoms with Crippen LogP contribution in [0.3, 0.4) is 0 Å². The summed E-state index contributed by atoms with van der Waals surface area (Å²) in [4.78, 5) is 23.2. The molecule has 3 rings (SSSR count). The van der Waals surface area contributed by atoms with E-state index in [1.165, 1.54) is 0 Å². The number of ether oxygens (including phenoxy) is 1. The molecular formula is C23H19NO5. The minimum absolute atomic E-state index is 0.473. The van der Waals surface area contributed by atoms with E-state index in [0.29, 0.717) is 17.1 Å². The molecule has 146 valence electrons. The summed E-state index contributed by atoms with van der Waals surface area (Å²) in [7, 11) is 0. The molecule has 6 heteroatoms. The van der Waals surface area contributed by atoms with E-state index in [-0.39, 0.29) is 0 Å². The fourth-order valence-corrected chi connectivity index (χ4v) is 4.11. The molecule has 2 aromatic rings. The summed E-state index contributed by atoms with van der Waals surface area (Å²) in [5.41, 5.74) is -1.91. The van der Waals surface area contributed by atoms with Crippen LogP contribution in [0.15, 0.2) is 54.6 Å². The molecular weight excluding hydrogens is 370 g/mol. The van der Waals surface area contributed by atoms with E-state index in [1.807, 2.05) is 24.1 Å². The molecule has 0 amide bonds. The maximum Gasteiger partial charge on any atom is 0.381 e. The smallest absolute Gasteiger partial charge is 0.381 e. The number of carbonyl (C=O) groups is 2. The minimum Gasteiger partial charge on any atom is -0.481 e. The molecule has 0 bridgehead atoms. The number of nitrogens with zero attached hydrogens (tertiary/aromatic N) is 1. The maximum atomic E-state index is 12.3. The number of aliphatic carboxylic acids is 2. The molecule has 0 radical (unpaired) electrons. The highest BCUT2D eigenvalue weighted by Gasteiger charge is 2.79. The first-order chi connectivity index (χ1) is 13.7. The largest absolute Gasteiger partial charge is 0.481 e. The number of hydrogen-bond donors (Lipinski definition) is 2. The summed E-state index contributed by atoms with van der Waals surface area (Å²) in [6, 6.07) is 17.9. The Bertz CT molecular complexity index is 1060. The van der Waals surface area contributed by atoms with Crippen LogP contribution in [0, 0.1) is 39.9 Å². The molecule has 0 saturated heterocycles. The summed E-state index contributed by atoms with van der Waals surface area (Å²) in [5.74, 6) is 1.34. The van der Waals surface area contributed by atoms with Crippen LogP contribution in [-0.4, -0.2) is 22.2 Å². The van der Waals surface area contributed by atoms with Crippen molar-refractivity contribution in [3.05, 3.63) is 60.2 Å². The van der Waals surface area contributed by atoms with Crippen molar-refractivity contribution in [3.8, 4) is 29.4 Å². The molecule has 1 fully saturated rings. The summed E-state index contributed by atoms with van der Waals surface area (Å²) < 4.78 is 5.80. The van der Waals surface area contributed by atoms with Gasteiger partial charge in [0.25, 0.3) is 0 Å². The first-order valence-corrected chi connectivity index (χ1v) is 8.95. The van der Waals surface area contributed by atoms with Gasteiger partial charge in [-0.25, -0.2) is 4.79 Å². The van der Waals surface area contributed by atoms with E-state index >= 15 is 0 Å². The third-order valence-corrected chi connectivity index (χ3v) is 5.59. The number of para-hydroxylation sites is 1. The Morgan fingerprint density at radius 3 is 2.31 bits per heavy atom. The van der Waals surface area contributed by atoms with Crippen LogP contribution < -0.4 is 4.74 Å². The number of benzene rings is 2. The van der Waals surface area contributed by atoms with E-state index in [0.717, 1.165) is 0 Å². The van der Waals surface area contributed by atoms with Gasteiger partial charge in [-0.15, -0.1) is 0 Å². The third kappa shape index (κ3) is 3.30. The van der Waals surface area contributed by atoms with Crippen LogP contribution in [-0.2, 0) is 9.59 Å². The van der Waals surface area contributed by atoms with Crippen LogP contribution in [0.4, 0.5) is 0 Å². The second-order valence-electron chi connectivity index (χ2n) is 7.45. The summed E-state index contributed by atoms with van der Waals surface area (Å²) >= 11 is 0. The van der Waals surface area contributed by atoms with Gasteiger partial charge in [-0.3, -0.25) is 4.79 Å². The SMILES string of the molecule is CC1(C)[C@H](C#CC(=O)O)[C@@]1(C(=O)O)C(C#N)c1cccc(Oc2ccccc2)c1. The minimum atomic E-state index is -1.52. The van der Waals surface area contributed by atoms with Gasteiger partial charge in [-0.05, 0) is 35.2 Å². The first kappa shape index (κ1) is 20.0. The number of carboxylic acids is 2. The van der Waals surface area contributed by atoms with Gasteiger partial charge in [0, 0.05) is 11.8 Å². The zero-order valence-electron chi connectivity index (χ0n) is 15.9. The zero-order valence-corrected chi connectivity index (χ0v) is 15.9. The second kappa shape index (κ2) is 7.33. The maximum absolute atomic E-state index is 12.3. The van der Waals surface area contributed by atoms with Crippen molar-refractivity contribution in [2.75, 3.05) is 0 Å². The Balaban J connectivity index is 2.01. The van der Waals surface area contributed by atoms with Crippen LogP contribution in [0.5, 0.6) is 11.5 Å². The molecule has 0 aromatic heterocycles. The summed E-state index contributed by atoms with van der Waals surface area (Å²) in [5, 5.41) is 28.8. The molecule has 0 spiro atoms. The van der Waals surface area contributed by atoms with Crippen molar-refractivity contribution in [2.45, 2.75) is 19.8 Å². The summed E-state index contributed by atoms with van der Waals surface area (Å²) in [6.07, 6.45) is 0. The van der Waals surface area contributed by atoms with Gasteiger partial charge in [0.1, 0.15) is 16.9 Å². The standard InChI is InChI=1S/C23H19NO5/c1-22(2)19(11-12-20(25)26)23(22,21(27)28)18(14-24)15-7-6-10-17(13-15)29-16-8-4-3-5-9-16/h3-10,13,18-19H,1-2H3,(H,25,26)(H,27,28)/t18?,19-,23+/m0/s1. The van der Waals surface area contributed by atoms with Crippen LogP contribution >= 0.6 is 0 Å². The third-order valence-electron chi connectivity index (χ3n) is 5.59. The normalized spacial score (nSPS) is 22.3. The average molecular weight is 389 g/mol. The van der Waals surface area contributed by atoms with E-state index in [4.69, 9.17) is 9.84 Å². The van der Waals surface area contributed by atoms with Gasteiger partial charge < -0.3 is 14.9 Å². The van der Waals surface area contributed by atoms with Crippen LogP contribution in [0.2, 0.25) is 0 Å². The van der Waals surface area contributed by atoms with Crippen molar-refractivity contribution >= 4 is 11.9 Å². The Morgan fingerprint density at radius 2 is 1.72 bits per heavy atom. The number of rotatable bonds is 5. The molecule has 0 aliphatic heterocycles. The highest BCUT2D eigenvalue weighted by atomic mass is 16.5. The van der Waals surface area contributed by atoms with Crippen molar-refractivity contribution in [3.63, 3.8) is 0 Å². The topological polar surface area (TPSA) is 108 Å². The van der Waals surface area contributed by atoms with Gasteiger partial charge >= 0.3 is 11.9 Å². The molecule has 2 aromatic carbocycles. The Labute approximate surface area is 168 Å².